The van der Waals surface area contributed by atoms with E-state index in [0.717, 1.165) is 0 Å². The van der Waals surface area contributed by atoms with Gasteiger partial charge in [0.2, 0.25) is 0 Å². The van der Waals surface area contributed by atoms with Crippen LogP contribution in [-0.2, 0) is 19.1 Å². The van der Waals surface area contributed by atoms with Crippen molar-refractivity contribution in [2.45, 2.75) is 32.7 Å². The molecule has 1 rings (SSSR count). The third-order valence-electron chi connectivity index (χ3n) is 2.50. The van der Waals surface area contributed by atoms with Gasteiger partial charge < -0.3 is 14.8 Å². The number of hydrogen-bond donors (Lipinski definition) is 1. The molecule has 1 unspecified atom stereocenters. The van der Waals surface area contributed by atoms with Crippen molar-refractivity contribution in [3.05, 3.63) is 11.3 Å². The molecule has 0 aromatic carbocycles. The van der Waals surface area contributed by atoms with Crippen LogP contribution in [0.1, 0.15) is 26.7 Å². The number of esters is 2. The van der Waals surface area contributed by atoms with Gasteiger partial charge in [0, 0.05) is 5.70 Å². The van der Waals surface area contributed by atoms with Crippen LogP contribution in [0.25, 0.3) is 0 Å². The Morgan fingerprint density at radius 1 is 1.39 bits per heavy atom. The summed E-state index contributed by atoms with van der Waals surface area (Å²) in [5.41, 5.74) is 0.387. The van der Waals surface area contributed by atoms with Crippen LogP contribution < -0.4 is 5.32 Å². The summed E-state index contributed by atoms with van der Waals surface area (Å²) < 4.78 is 9.65. The first kappa shape index (κ1) is 14.0. The minimum absolute atomic E-state index is 0.0661. The predicted molar refractivity (Wildman–Crippen MR) is 62.1 cm³/mol. The van der Waals surface area contributed by atoms with Crippen LogP contribution in [0, 0.1) is 11.3 Å². The maximum atomic E-state index is 11.5. The van der Waals surface area contributed by atoms with E-state index in [2.05, 4.69) is 5.32 Å². The zero-order chi connectivity index (χ0) is 13.5. The van der Waals surface area contributed by atoms with Crippen molar-refractivity contribution in [1.29, 1.82) is 5.26 Å². The van der Waals surface area contributed by atoms with Crippen LogP contribution in [0.2, 0.25) is 0 Å². The molecule has 6 nitrogen and oxygen atoms in total. The van der Waals surface area contributed by atoms with Gasteiger partial charge in [0.25, 0.3) is 0 Å². The van der Waals surface area contributed by atoms with Gasteiger partial charge in [-0.15, -0.1) is 0 Å². The second-order valence-corrected chi connectivity index (χ2v) is 3.67. The van der Waals surface area contributed by atoms with E-state index in [1.165, 1.54) is 0 Å². The summed E-state index contributed by atoms with van der Waals surface area (Å²) in [4.78, 5) is 23.0. The number of rotatable bonds is 4. The van der Waals surface area contributed by atoms with Crippen molar-refractivity contribution < 1.29 is 19.1 Å². The van der Waals surface area contributed by atoms with E-state index in [4.69, 9.17) is 14.7 Å². The fourth-order valence-electron chi connectivity index (χ4n) is 1.70. The number of hydrogen-bond acceptors (Lipinski definition) is 6. The molecule has 0 aliphatic carbocycles. The highest BCUT2D eigenvalue weighted by Crippen LogP contribution is 2.20. The fourth-order valence-corrected chi connectivity index (χ4v) is 1.70. The Bertz CT molecular complexity index is 409. The first-order chi connectivity index (χ1) is 8.63. The van der Waals surface area contributed by atoms with Gasteiger partial charge in [-0.1, -0.05) is 0 Å². The molecule has 0 saturated carbocycles. The fraction of sp³-hybridized carbons (Fsp3) is 0.583. The Morgan fingerprint density at radius 2 is 2.06 bits per heavy atom. The van der Waals surface area contributed by atoms with Gasteiger partial charge in [-0.2, -0.15) is 5.26 Å². The van der Waals surface area contributed by atoms with Crippen molar-refractivity contribution in [3.63, 3.8) is 0 Å². The molecule has 0 radical (unpaired) electrons. The predicted octanol–water partition coefficient (Wildman–Crippen LogP) is 0.642. The Hall–Kier alpha value is -2.03. The molecule has 1 atom stereocenters. The molecule has 0 bridgehead atoms. The first-order valence-corrected chi connectivity index (χ1v) is 5.87. The maximum Gasteiger partial charge on any atom is 0.350 e. The van der Waals surface area contributed by atoms with Crippen LogP contribution in [0.3, 0.4) is 0 Å². The molecule has 1 saturated heterocycles. The summed E-state index contributed by atoms with van der Waals surface area (Å²) >= 11 is 0. The van der Waals surface area contributed by atoms with E-state index in [1.54, 1.807) is 13.8 Å². The third kappa shape index (κ3) is 3.23. The molecule has 0 aromatic rings. The Morgan fingerprint density at radius 3 is 2.61 bits per heavy atom. The van der Waals surface area contributed by atoms with Gasteiger partial charge in [0.15, 0.2) is 5.57 Å². The van der Waals surface area contributed by atoms with E-state index in [1.807, 2.05) is 6.07 Å². The summed E-state index contributed by atoms with van der Waals surface area (Å²) in [5, 5.41) is 11.8. The molecule has 0 aromatic heterocycles. The number of carbonyl (C=O) groups excluding carboxylic acids is 2. The summed E-state index contributed by atoms with van der Waals surface area (Å²) in [6.07, 6.45) is 0.976. The molecule has 1 fully saturated rings. The summed E-state index contributed by atoms with van der Waals surface area (Å²) in [7, 11) is 0. The van der Waals surface area contributed by atoms with Gasteiger partial charge in [-0.3, -0.25) is 0 Å². The molecule has 1 aliphatic heterocycles. The smallest absolute Gasteiger partial charge is 0.350 e. The lowest BCUT2D eigenvalue weighted by Crippen LogP contribution is -2.32. The molecule has 0 spiro atoms. The first-order valence-electron chi connectivity index (χ1n) is 5.87. The molecule has 98 valence electrons. The topological polar surface area (TPSA) is 88.4 Å². The molecule has 1 N–H and O–H groups in total. The number of nitrogens with zero attached hydrogens (tertiary/aromatic N) is 1. The van der Waals surface area contributed by atoms with Crippen molar-refractivity contribution in [1.82, 2.24) is 5.32 Å². The van der Waals surface area contributed by atoms with E-state index in [9.17, 15) is 9.59 Å². The normalized spacial score (nSPS) is 20.6. The SMILES string of the molecule is CCOC(=O)C(C#N)=C1CCC(C(=O)OCC)N1. The van der Waals surface area contributed by atoms with Gasteiger partial charge >= 0.3 is 11.9 Å². The average molecular weight is 252 g/mol. The lowest BCUT2D eigenvalue weighted by molar-refractivity contribution is -0.145. The number of carbonyl (C=O) groups is 2. The zero-order valence-corrected chi connectivity index (χ0v) is 10.5. The largest absolute Gasteiger partial charge is 0.464 e. The highest BCUT2D eigenvalue weighted by atomic mass is 16.5. The second kappa shape index (κ2) is 6.64. The van der Waals surface area contributed by atoms with E-state index in [-0.39, 0.29) is 18.1 Å². The minimum atomic E-state index is -0.660. The van der Waals surface area contributed by atoms with Crippen LogP contribution >= 0.6 is 0 Å². The number of nitriles is 1. The number of allylic oxidation sites excluding steroid dienone is 1. The quantitative estimate of drug-likeness (QED) is 0.449. The lowest BCUT2D eigenvalue weighted by atomic mass is 10.1. The van der Waals surface area contributed by atoms with Gasteiger partial charge in [0.05, 0.1) is 13.2 Å². The Balaban J connectivity index is 2.76. The van der Waals surface area contributed by atoms with E-state index in [0.29, 0.717) is 25.1 Å². The van der Waals surface area contributed by atoms with Crippen LogP contribution in [0.15, 0.2) is 11.3 Å². The van der Waals surface area contributed by atoms with E-state index >= 15 is 0 Å². The number of nitrogens with one attached hydrogen (secondary N) is 1. The third-order valence-corrected chi connectivity index (χ3v) is 2.50. The Kier molecular flexibility index (Phi) is 5.18. The summed E-state index contributed by atoms with van der Waals surface area (Å²) in [5.74, 6) is -1.03. The van der Waals surface area contributed by atoms with Crippen molar-refractivity contribution in [2.24, 2.45) is 0 Å². The molecule has 1 aliphatic rings. The molecular formula is C12H16N2O4. The molecule has 1 heterocycles. The molecule has 0 amide bonds. The van der Waals surface area contributed by atoms with Crippen molar-refractivity contribution in [2.75, 3.05) is 13.2 Å². The van der Waals surface area contributed by atoms with Gasteiger partial charge in [0.1, 0.15) is 12.1 Å². The van der Waals surface area contributed by atoms with Crippen molar-refractivity contribution >= 4 is 11.9 Å². The average Bonchev–Trinajstić information content (AvgIpc) is 2.80. The minimum Gasteiger partial charge on any atom is -0.464 e. The zero-order valence-electron chi connectivity index (χ0n) is 10.5. The number of ether oxygens (including phenoxy) is 2. The van der Waals surface area contributed by atoms with Crippen LogP contribution in [0.5, 0.6) is 0 Å². The van der Waals surface area contributed by atoms with Gasteiger partial charge in [-0.25, -0.2) is 9.59 Å². The van der Waals surface area contributed by atoms with Crippen LogP contribution in [0.4, 0.5) is 0 Å². The van der Waals surface area contributed by atoms with Crippen LogP contribution in [-0.4, -0.2) is 31.2 Å². The maximum absolute atomic E-state index is 11.5. The highest BCUT2D eigenvalue weighted by molar-refractivity contribution is 5.94. The summed E-state index contributed by atoms with van der Waals surface area (Å²) in [6.45, 7) is 3.90. The molecule has 6 heteroatoms. The van der Waals surface area contributed by atoms with Crippen molar-refractivity contribution in [3.8, 4) is 6.07 Å². The Labute approximate surface area is 106 Å². The molecule has 18 heavy (non-hydrogen) atoms. The second-order valence-electron chi connectivity index (χ2n) is 3.67. The molecular weight excluding hydrogens is 236 g/mol. The summed E-state index contributed by atoms with van der Waals surface area (Å²) in [6, 6.07) is 1.32. The van der Waals surface area contributed by atoms with E-state index < -0.39 is 12.0 Å². The highest BCUT2D eigenvalue weighted by Gasteiger charge is 2.30. The monoisotopic (exact) mass is 252 g/mol. The lowest BCUT2D eigenvalue weighted by Gasteiger charge is -2.10. The standard InChI is InChI=1S/C12H16N2O4/c1-3-17-11(15)8(7-13)9-5-6-10(14-9)12(16)18-4-2/h10,14H,3-6H2,1-2H3. The van der Waals surface area contributed by atoms with Gasteiger partial charge in [-0.05, 0) is 26.7 Å².